The van der Waals surface area contributed by atoms with Crippen LogP contribution in [-0.2, 0) is 15.4 Å². The van der Waals surface area contributed by atoms with E-state index in [1.165, 1.54) is 12.1 Å². The molecule has 0 radical (unpaired) electrons. The number of hydrogen-bond donors (Lipinski definition) is 2. The van der Waals surface area contributed by atoms with E-state index in [4.69, 9.17) is 0 Å². The van der Waals surface area contributed by atoms with Crippen LogP contribution in [0.3, 0.4) is 0 Å². The second kappa shape index (κ2) is 7.08. The van der Waals surface area contributed by atoms with Gasteiger partial charge in [-0.2, -0.15) is 0 Å². The number of carbonyl (C=O) groups excluding carboxylic acids is 1. The third-order valence-electron chi connectivity index (χ3n) is 3.60. The summed E-state index contributed by atoms with van der Waals surface area (Å²) in [4.78, 5) is 12.5. The monoisotopic (exact) mass is 386 g/mol. The average molecular weight is 386 g/mol. The number of rotatable bonds is 4. The van der Waals surface area contributed by atoms with E-state index in [0.717, 1.165) is 5.56 Å². The predicted molar refractivity (Wildman–Crippen MR) is 89.2 cm³/mol. The van der Waals surface area contributed by atoms with Crippen molar-refractivity contribution in [2.75, 3.05) is 0 Å². The molecule has 0 aliphatic heterocycles. The van der Waals surface area contributed by atoms with Gasteiger partial charge in [0.2, 0.25) is 0 Å². The van der Waals surface area contributed by atoms with E-state index in [0.29, 0.717) is 12.1 Å². The number of hydrazine groups is 1. The highest BCUT2D eigenvalue weighted by Crippen LogP contribution is 2.22. The number of sulfonamides is 1. The Morgan fingerprint density at radius 2 is 1.50 bits per heavy atom. The molecule has 2 aromatic carbocycles. The average Bonchev–Trinajstić information content (AvgIpc) is 2.57. The molecule has 5 nitrogen and oxygen atoms in total. The van der Waals surface area contributed by atoms with Crippen molar-refractivity contribution in [3.63, 3.8) is 0 Å². The molecule has 140 valence electrons. The Balaban J connectivity index is 2.15. The van der Waals surface area contributed by atoms with Crippen LogP contribution in [-0.4, -0.2) is 14.3 Å². The summed E-state index contributed by atoms with van der Waals surface area (Å²) in [6.45, 7) is 5.98. The van der Waals surface area contributed by atoms with Crippen molar-refractivity contribution < 1.29 is 26.4 Å². The second-order valence-electron chi connectivity index (χ2n) is 6.56. The Hall–Kier alpha value is -2.39. The van der Waals surface area contributed by atoms with Gasteiger partial charge >= 0.3 is 0 Å². The zero-order valence-electron chi connectivity index (χ0n) is 14.2. The largest absolute Gasteiger partial charge is 0.273 e. The van der Waals surface area contributed by atoms with Crippen molar-refractivity contribution in [3.8, 4) is 0 Å². The third-order valence-corrected chi connectivity index (χ3v) is 4.87. The zero-order chi connectivity index (χ0) is 19.7. The van der Waals surface area contributed by atoms with Crippen LogP contribution >= 0.6 is 0 Å². The molecule has 0 saturated heterocycles. The molecule has 2 rings (SSSR count). The van der Waals surface area contributed by atoms with Gasteiger partial charge in [0.15, 0.2) is 17.5 Å². The molecule has 0 bridgehead atoms. The van der Waals surface area contributed by atoms with Gasteiger partial charge in [-0.3, -0.25) is 10.2 Å². The van der Waals surface area contributed by atoms with Crippen molar-refractivity contribution in [2.24, 2.45) is 0 Å². The van der Waals surface area contributed by atoms with Gasteiger partial charge < -0.3 is 0 Å². The lowest BCUT2D eigenvalue weighted by molar-refractivity contribution is 0.0945. The van der Waals surface area contributed by atoms with Crippen molar-refractivity contribution in [3.05, 3.63) is 65.0 Å². The number of nitrogens with one attached hydrogen (secondary N) is 2. The molecule has 0 saturated carbocycles. The maximum atomic E-state index is 13.6. The normalized spacial score (nSPS) is 12.1. The molecule has 2 aromatic rings. The molecule has 2 N–H and O–H groups in total. The summed E-state index contributed by atoms with van der Waals surface area (Å²) in [6, 6.07) is 7.47. The Bertz CT molecular complexity index is 937. The van der Waals surface area contributed by atoms with Crippen LogP contribution in [0.4, 0.5) is 13.2 Å². The molecule has 0 fully saturated rings. The molecule has 0 aliphatic carbocycles. The third kappa shape index (κ3) is 4.23. The van der Waals surface area contributed by atoms with Gasteiger partial charge in [-0.25, -0.2) is 21.6 Å². The van der Waals surface area contributed by atoms with E-state index in [1.54, 1.807) is 17.0 Å². The molecule has 1 amide bonds. The molecule has 0 heterocycles. The summed E-state index contributed by atoms with van der Waals surface area (Å²) in [5, 5.41) is 0. The van der Waals surface area contributed by atoms with E-state index in [2.05, 4.69) is 0 Å². The van der Waals surface area contributed by atoms with Gasteiger partial charge in [0, 0.05) is 5.56 Å². The van der Waals surface area contributed by atoms with Crippen molar-refractivity contribution in [1.29, 1.82) is 0 Å². The van der Waals surface area contributed by atoms with E-state index < -0.39 is 38.3 Å². The van der Waals surface area contributed by atoms with Gasteiger partial charge in [-0.05, 0) is 35.2 Å². The van der Waals surface area contributed by atoms with Gasteiger partial charge in [0.05, 0.1) is 0 Å². The lowest BCUT2D eigenvalue weighted by atomic mass is 9.87. The topological polar surface area (TPSA) is 75.3 Å². The maximum Gasteiger partial charge on any atom is 0.266 e. The van der Waals surface area contributed by atoms with Crippen LogP contribution in [0, 0.1) is 17.5 Å². The molecule has 0 unspecified atom stereocenters. The van der Waals surface area contributed by atoms with Crippen molar-refractivity contribution >= 4 is 15.9 Å². The molecule has 26 heavy (non-hydrogen) atoms. The summed E-state index contributed by atoms with van der Waals surface area (Å²) >= 11 is 0. The molecule has 0 aliphatic rings. The highest BCUT2D eigenvalue weighted by Gasteiger charge is 2.24. The highest BCUT2D eigenvalue weighted by atomic mass is 32.2. The molecular formula is C17H17F3N2O3S. The Morgan fingerprint density at radius 3 is 2.04 bits per heavy atom. The first kappa shape index (κ1) is 19.9. The second-order valence-corrected chi connectivity index (χ2v) is 8.21. The van der Waals surface area contributed by atoms with E-state index in [1.807, 2.05) is 26.2 Å². The summed E-state index contributed by atoms with van der Waals surface area (Å²) in [7, 11) is -4.63. The van der Waals surface area contributed by atoms with Crippen LogP contribution in [0.15, 0.2) is 41.3 Å². The van der Waals surface area contributed by atoms with Crippen LogP contribution in [0.5, 0.6) is 0 Å². The molecule has 0 atom stereocenters. The smallest absolute Gasteiger partial charge is 0.266 e. The predicted octanol–water partition coefficient (Wildman–Crippen LogP) is 3.02. The van der Waals surface area contributed by atoms with Gasteiger partial charge in [0.25, 0.3) is 15.9 Å². The van der Waals surface area contributed by atoms with E-state index in [-0.39, 0.29) is 11.0 Å². The number of benzene rings is 2. The van der Waals surface area contributed by atoms with Crippen molar-refractivity contribution in [2.45, 2.75) is 31.1 Å². The van der Waals surface area contributed by atoms with Gasteiger partial charge in [0.1, 0.15) is 4.90 Å². The number of halogens is 3. The first-order valence-corrected chi connectivity index (χ1v) is 8.98. The lowest BCUT2D eigenvalue weighted by Gasteiger charge is -2.19. The fourth-order valence-electron chi connectivity index (χ4n) is 2.08. The van der Waals surface area contributed by atoms with Crippen molar-refractivity contribution in [1.82, 2.24) is 10.3 Å². The van der Waals surface area contributed by atoms with Crippen LogP contribution in [0.1, 0.15) is 36.7 Å². The molecule has 0 aromatic heterocycles. The van der Waals surface area contributed by atoms with Gasteiger partial charge in [-0.15, -0.1) is 4.83 Å². The zero-order valence-corrected chi connectivity index (χ0v) is 15.0. The van der Waals surface area contributed by atoms with Crippen LogP contribution in [0.25, 0.3) is 0 Å². The fraction of sp³-hybridized carbons (Fsp3) is 0.235. The quantitative estimate of drug-likeness (QED) is 0.627. The minimum atomic E-state index is -4.63. The SMILES string of the molecule is CC(C)(C)c1ccc(C(=O)NNS(=O)(=O)c2ccc(F)c(F)c2F)cc1. The maximum absolute atomic E-state index is 13.6. The first-order chi connectivity index (χ1) is 11.9. The summed E-state index contributed by atoms with van der Waals surface area (Å²) in [5.74, 6) is -6.11. The number of hydrogen-bond acceptors (Lipinski definition) is 3. The Kier molecular flexibility index (Phi) is 5.43. The minimum absolute atomic E-state index is 0.124. The molecule has 0 spiro atoms. The molecular weight excluding hydrogens is 369 g/mol. The Labute approximate surface area is 149 Å². The highest BCUT2D eigenvalue weighted by molar-refractivity contribution is 7.89. The van der Waals surface area contributed by atoms with Crippen LogP contribution < -0.4 is 10.3 Å². The summed E-state index contributed by atoms with van der Waals surface area (Å²) < 4.78 is 63.7. The van der Waals surface area contributed by atoms with Crippen LogP contribution in [0.2, 0.25) is 0 Å². The standard InChI is InChI=1S/C17H17F3N2O3S/c1-17(2,3)11-6-4-10(5-7-11)16(23)21-22-26(24,25)13-9-8-12(18)14(19)15(13)20/h4-9,22H,1-3H3,(H,21,23). The number of carbonyl (C=O) groups is 1. The summed E-state index contributed by atoms with van der Waals surface area (Å²) in [5.41, 5.74) is 2.90. The fourth-order valence-corrected chi connectivity index (χ4v) is 2.99. The number of amides is 1. The van der Waals surface area contributed by atoms with E-state index >= 15 is 0 Å². The lowest BCUT2D eigenvalue weighted by Crippen LogP contribution is -2.41. The minimum Gasteiger partial charge on any atom is -0.273 e. The molecule has 9 heteroatoms. The van der Waals surface area contributed by atoms with Gasteiger partial charge in [-0.1, -0.05) is 32.9 Å². The summed E-state index contributed by atoms with van der Waals surface area (Å²) in [6.07, 6.45) is 0. The van der Waals surface area contributed by atoms with E-state index in [9.17, 15) is 26.4 Å². The first-order valence-electron chi connectivity index (χ1n) is 7.49. The Morgan fingerprint density at radius 1 is 0.923 bits per heavy atom.